The third kappa shape index (κ3) is 2.99. The van der Waals surface area contributed by atoms with E-state index in [0.29, 0.717) is 0 Å². The Labute approximate surface area is 114 Å². The predicted molar refractivity (Wildman–Crippen MR) is 74.3 cm³/mol. The van der Waals surface area contributed by atoms with E-state index in [1.54, 1.807) is 0 Å². The Balaban J connectivity index is 1.56. The Morgan fingerprint density at radius 2 is 2.11 bits per heavy atom. The standard InChI is InChI=1S/C14H24N4O/c1-12-16-13-11-15-4-3-14(13)18(12)6-2-5-17-7-9-19-10-8-17/h15H,2-11H2,1H3. The van der Waals surface area contributed by atoms with Crippen LogP contribution in [0.25, 0.3) is 0 Å². The minimum Gasteiger partial charge on any atom is -0.379 e. The molecule has 0 atom stereocenters. The van der Waals surface area contributed by atoms with E-state index < -0.39 is 0 Å². The molecule has 1 saturated heterocycles. The van der Waals surface area contributed by atoms with Gasteiger partial charge in [0.15, 0.2) is 0 Å². The summed E-state index contributed by atoms with van der Waals surface area (Å²) < 4.78 is 7.81. The van der Waals surface area contributed by atoms with E-state index in [2.05, 4.69) is 26.7 Å². The molecule has 5 nitrogen and oxygen atoms in total. The quantitative estimate of drug-likeness (QED) is 0.863. The number of fused-ring (bicyclic) bond motifs is 1. The van der Waals surface area contributed by atoms with Crippen molar-refractivity contribution in [2.75, 3.05) is 39.4 Å². The van der Waals surface area contributed by atoms with Gasteiger partial charge in [-0.05, 0) is 13.3 Å². The van der Waals surface area contributed by atoms with Crippen molar-refractivity contribution in [1.82, 2.24) is 19.8 Å². The Morgan fingerprint density at radius 1 is 1.26 bits per heavy atom. The fourth-order valence-electron chi connectivity index (χ4n) is 3.08. The molecule has 1 fully saturated rings. The van der Waals surface area contributed by atoms with Crippen molar-refractivity contribution in [1.29, 1.82) is 0 Å². The summed E-state index contributed by atoms with van der Waals surface area (Å²) in [6, 6.07) is 0. The molecular formula is C14H24N4O. The van der Waals surface area contributed by atoms with E-state index in [9.17, 15) is 0 Å². The highest BCUT2D eigenvalue weighted by atomic mass is 16.5. The van der Waals surface area contributed by atoms with E-state index >= 15 is 0 Å². The molecule has 19 heavy (non-hydrogen) atoms. The van der Waals surface area contributed by atoms with Crippen LogP contribution in [0.5, 0.6) is 0 Å². The molecule has 0 aromatic carbocycles. The van der Waals surface area contributed by atoms with Gasteiger partial charge < -0.3 is 14.6 Å². The lowest BCUT2D eigenvalue weighted by Crippen LogP contribution is -2.37. The second-order valence-corrected chi connectivity index (χ2v) is 5.44. The van der Waals surface area contributed by atoms with Gasteiger partial charge in [-0.2, -0.15) is 0 Å². The molecule has 1 aromatic heterocycles. The van der Waals surface area contributed by atoms with Gasteiger partial charge in [-0.25, -0.2) is 4.98 Å². The molecule has 2 aliphatic rings. The Bertz CT molecular complexity index is 423. The lowest BCUT2D eigenvalue weighted by molar-refractivity contribution is 0.0369. The first-order valence-electron chi connectivity index (χ1n) is 7.40. The lowest BCUT2D eigenvalue weighted by atomic mass is 10.2. The maximum Gasteiger partial charge on any atom is 0.106 e. The van der Waals surface area contributed by atoms with Gasteiger partial charge >= 0.3 is 0 Å². The number of nitrogens with one attached hydrogen (secondary N) is 1. The summed E-state index contributed by atoms with van der Waals surface area (Å²) in [5, 5.41) is 3.39. The van der Waals surface area contributed by atoms with Crippen LogP contribution in [0.2, 0.25) is 0 Å². The summed E-state index contributed by atoms with van der Waals surface area (Å²) in [7, 11) is 0. The number of hydrogen-bond donors (Lipinski definition) is 1. The zero-order chi connectivity index (χ0) is 13.1. The van der Waals surface area contributed by atoms with Crippen LogP contribution in [0.3, 0.4) is 0 Å². The summed E-state index contributed by atoms with van der Waals surface area (Å²) in [5.74, 6) is 1.18. The smallest absolute Gasteiger partial charge is 0.106 e. The van der Waals surface area contributed by atoms with Crippen molar-refractivity contribution in [2.45, 2.75) is 32.9 Å². The average molecular weight is 264 g/mol. The average Bonchev–Trinajstić information content (AvgIpc) is 2.76. The number of nitrogens with zero attached hydrogens (tertiary/aromatic N) is 3. The van der Waals surface area contributed by atoms with Crippen LogP contribution in [0.15, 0.2) is 0 Å². The van der Waals surface area contributed by atoms with Gasteiger partial charge in [-0.3, -0.25) is 4.90 Å². The summed E-state index contributed by atoms with van der Waals surface area (Å²) in [6.07, 6.45) is 2.32. The second-order valence-electron chi connectivity index (χ2n) is 5.44. The molecule has 3 rings (SSSR count). The molecule has 3 heterocycles. The molecule has 2 aliphatic heterocycles. The zero-order valence-corrected chi connectivity index (χ0v) is 11.8. The number of imidazole rings is 1. The highest BCUT2D eigenvalue weighted by Gasteiger charge is 2.17. The monoisotopic (exact) mass is 264 g/mol. The summed E-state index contributed by atoms with van der Waals surface area (Å²) in [5.41, 5.74) is 2.72. The van der Waals surface area contributed by atoms with Crippen LogP contribution in [0, 0.1) is 6.92 Å². The molecule has 0 spiro atoms. The minimum absolute atomic E-state index is 0.894. The Morgan fingerprint density at radius 3 is 2.95 bits per heavy atom. The largest absolute Gasteiger partial charge is 0.379 e. The van der Waals surface area contributed by atoms with E-state index in [1.165, 1.54) is 30.2 Å². The molecule has 0 bridgehead atoms. The van der Waals surface area contributed by atoms with Gasteiger partial charge in [-0.1, -0.05) is 0 Å². The SMILES string of the molecule is Cc1nc2c(n1CCCN1CCOCC1)CCNC2. The van der Waals surface area contributed by atoms with Crippen LogP contribution in [0.1, 0.15) is 23.6 Å². The normalized spacial score (nSPS) is 20.5. The maximum atomic E-state index is 5.38. The van der Waals surface area contributed by atoms with Gasteiger partial charge in [0.05, 0.1) is 18.9 Å². The van der Waals surface area contributed by atoms with Crippen molar-refractivity contribution in [3.8, 4) is 0 Å². The van der Waals surface area contributed by atoms with Crippen molar-refractivity contribution in [2.24, 2.45) is 0 Å². The minimum atomic E-state index is 0.894. The highest BCUT2D eigenvalue weighted by Crippen LogP contribution is 2.16. The van der Waals surface area contributed by atoms with Crippen LogP contribution in [0.4, 0.5) is 0 Å². The highest BCUT2D eigenvalue weighted by molar-refractivity contribution is 5.19. The first kappa shape index (κ1) is 13.1. The van der Waals surface area contributed by atoms with Crippen molar-refractivity contribution < 1.29 is 4.74 Å². The topological polar surface area (TPSA) is 42.3 Å². The van der Waals surface area contributed by atoms with E-state index in [4.69, 9.17) is 4.74 Å². The van der Waals surface area contributed by atoms with Crippen molar-refractivity contribution in [3.05, 3.63) is 17.2 Å². The third-order valence-electron chi connectivity index (χ3n) is 4.14. The number of aryl methyl sites for hydroxylation is 1. The van der Waals surface area contributed by atoms with Crippen molar-refractivity contribution >= 4 is 0 Å². The van der Waals surface area contributed by atoms with Gasteiger partial charge in [-0.15, -0.1) is 0 Å². The molecule has 1 aromatic rings. The molecule has 0 amide bonds. The third-order valence-corrected chi connectivity index (χ3v) is 4.14. The summed E-state index contributed by atoms with van der Waals surface area (Å²) >= 11 is 0. The first-order valence-corrected chi connectivity index (χ1v) is 7.40. The van der Waals surface area contributed by atoms with Crippen LogP contribution in [-0.4, -0.2) is 53.8 Å². The van der Waals surface area contributed by atoms with E-state index in [-0.39, 0.29) is 0 Å². The molecular weight excluding hydrogens is 240 g/mol. The van der Waals surface area contributed by atoms with Gasteiger partial charge in [0.1, 0.15) is 5.82 Å². The predicted octanol–water partition coefficient (Wildman–Crippen LogP) is 0.560. The molecule has 106 valence electrons. The van der Waals surface area contributed by atoms with Gasteiger partial charge in [0.25, 0.3) is 0 Å². The summed E-state index contributed by atoms with van der Waals surface area (Å²) in [6.45, 7) is 10.4. The second kappa shape index (κ2) is 6.03. The molecule has 0 saturated carbocycles. The van der Waals surface area contributed by atoms with Gasteiger partial charge in [0, 0.05) is 51.4 Å². The van der Waals surface area contributed by atoms with Crippen LogP contribution < -0.4 is 5.32 Å². The molecule has 1 N–H and O–H groups in total. The first-order chi connectivity index (χ1) is 9.34. The molecule has 0 radical (unpaired) electrons. The Kier molecular flexibility index (Phi) is 4.15. The number of rotatable bonds is 4. The van der Waals surface area contributed by atoms with Crippen molar-refractivity contribution in [3.63, 3.8) is 0 Å². The summed E-state index contributed by atoms with van der Waals surface area (Å²) in [4.78, 5) is 7.19. The number of morpholine rings is 1. The van der Waals surface area contributed by atoms with Gasteiger partial charge in [0.2, 0.25) is 0 Å². The number of ether oxygens (including phenoxy) is 1. The molecule has 0 unspecified atom stereocenters. The lowest BCUT2D eigenvalue weighted by Gasteiger charge is -2.26. The fourth-order valence-corrected chi connectivity index (χ4v) is 3.08. The Hall–Kier alpha value is -0.910. The van der Waals surface area contributed by atoms with Crippen LogP contribution >= 0.6 is 0 Å². The maximum absolute atomic E-state index is 5.38. The van der Waals surface area contributed by atoms with E-state index in [1.807, 2.05) is 0 Å². The molecule has 0 aliphatic carbocycles. The molecule has 5 heteroatoms. The fraction of sp³-hybridized carbons (Fsp3) is 0.786. The van der Waals surface area contributed by atoms with Crippen LogP contribution in [-0.2, 0) is 24.2 Å². The number of aromatic nitrogens is 2. The number of hydrogen-bond acceptors (Lipinski definition) is 4. The zero-order valence-electron chi connectivity index (χ0n) is 11.8. The van der Waals surface area contributed by atoms with E-state index in [0.717, 1.165) is 52.4 Å².